The highest BCUT2D eigenvalue weighted by Gasteiger charge is 2.11. The van der Waals surface area contributed by atoms with Crippen LogP contribution in [0.3, 0.4) is 0 Å². The maximum absolute atomic E-state index is 6.00. The van der Waals surface area contributed by atoms with Crippen molar-refractivity contribution in [3.63, 3.8) is 0 Å². The zero-order valence-electron chi connectivity index (χ0n) is 15.0. The topological polar surface area (TPSA) is 47.0 Å². The molecule has 2 aromatic heterocycles. The van der Waals surface area contributed by atoms with Crippen LogP contribution in [0.25, 0.3) is 0 Å². The van der Waals surface area contributed by atoms with E-state index in [1.54, 1.807) is 17.5 Å². The van der Waals surface area contributed by atoms with Crippen molar-refractivity contribution in [1.82, 2.24) is 9.97 Å². The first-order valence-corrected chi connectivity index (χ1v) is 10.6. The van der Waals surface area contributed by atoms with E-state index < -0.39 is 0 Å². The van der Waals surface area contributed by atoms with E-state index in [-0.39, 0.29) is 0 Å². The van der Waals surface area contributed by atoms with Crippen LogP contribution in [0.5, 0.6) is 11.5 Å². The van der Waals surface area contributed by atoms with Crippen LogP contribution in [-0.4, -0.2) is 9.97 Å². The van der Waals surface area contributed by atoms with Gasteiger partial charge in [0, 0.05) is 22.1 Å². The van der Waals surface area contributed by atoms with Gasteiger partial charge >= 0.3 is 0 Å². The Hall–Kier alpha value is -2.70. The zero-order chi connectivity index (χ0) is 19.2. The van der Waals surface area contributed by atoms with E-state index in [2.05, 4.69) is 55.9 Å². The molecule has 0 fully saturated rings. The zero-order valence-corrected chi connectivity index (χ0v) is 17.4. The number of rotatable bonds is 7. The summed E-state index contributed by atoms with van der Waals surface area (Å²) in [5, 5.41) is 6.18. The number of ether oxygens (including phenoxy) is 1. The summed E-state index contributed by atoms with van der Waals surface area (Å²) in [4.78, 5) is 9.15. The molecule has 4 aromatic rings. The Bertz CT molecular complexity index is 1040. The Morgan fingerprint density at radius 3 is 2.50 bits per heavy atom. The van der Waals surface area contributed by atoms with Crippen molar-refractivity contribution in [3.05, 3.63) is 94.0 Å². The van der Waals surface area contributed by atoms with Crippen LogP contribution in [0.15, 0.2) is 82.8 Å². The van der Waals surface area contributed by atoms with Gasteiger partial charge in [-0.25, -0.2) is 9.97 Å². The summed E-state index contributed by atoms with van der Waals surface area (Å²) in [6, 6.07) is 22.0. The molecule has 1 N–H and O–H groups in total. The third-order valence-corrected chi connectivity index (χ3v) is 5.32. The van der Waals surface area contributed by atoms with E-state index in [1.807, 2.05) is 42.5 Å². The minimum absolute atomic E-state index is 0.635. The Labute approximate surface area is 176 Å². The minimum atomic E-state index is 0.635. The SMILES string of the molecule is Brc1cnc(Nc2nc(CCc3ccccc3)cs2)c(Oc2ccccc2)c1. The first-order valence-electron chi connectivity index (χ1n) is 8.90. The maximum atomic E-state index is 6.00. The number of nitrogens with zero attached hydrogens (tertiary/aromatic N) is 2. The molecule has 0 aliphatic heterocycles. The van der Waals surface area contributed by atoms with Crippen molar-refractivity contribution >= 4 is 38.2 Å². The summed E-state index contributed by atoms with van der Waals surface area (Å²) in [5.74, 6) is 2.03. The fraction of sp³-hybridized carbons (Fsp3) is 0.0909. The fourth-order valence-electron chi connectivity index (χ4n) is 2.71. The Morgan fingerprint density at radius 1 is 0.964 bits per heavy atom. The highest BCUT2D eigenvalue weighted by atomic mass is 79.9. The molecule has 0 radical (unpaired) electrons. The van der Waals surface area contributed by atoms with Gasteiger partial charge in [-0.1, -0.05) is 48.5 Å². The molecular weight excluding hydrogens is 434 g/mol. The second-order valence-corrected chi connectivity index (χ2v) is 7.94. The van der Waals surface area contributed by atoms with E-state index in [9.17, 15) is 0 Å². The summed E-state index contributed by atoms with van der Waals surface area (Å²) < 4.78 is 6.85. The average Bonchev–Trinajstić information content (AvgIpc) is 3.17. The molecule has 0 saturated heterocycles. The maximum Gasteiger partial charge on any atom is 0.188 e. The third kappa shape index (κ3) is 4.97. The van der Waals surface area contributed by atoms with Crippen LogP contribution in [0.1, 0.15) is 11.3 Å². The van der Waals surface area contributed by atoms with Crippen molar-refractivity contribution in [1.29, 1.82) is 0 Å². The number of hydrogen-bond acceptors (Lipinski definition) is 5. The number of halogens is 1. The first kappa shape index (κ1) is 18.7. The molecule has 0 aliphatic rings. The lowest BCUT2D eigenvalue weighted by Gasteiger charge is -2.11. The molecule has 6 heteroatoms. The molecule has 0 unspecified atom stereocenters. The summed E-state index contributed by atoms with van der Waals surface area (Å²) in [6.45, 7) is 0. The summed E-state index contributed by atoms with van der Waals surface area (Å²) in [7, 11) is 0. The van der Waals surface area contributed by atoms with Crippen LogP contribution >= 0.6 is 27.3 Å². The molecule has 2 heterocycles. The molecule has 0 amide bonds. The number of benzene rings is 2. The third-order valence-electron chi connectivity index (χ3n) is 4.08. The van der Waals surface area contributed by atoms with Crippen molar-refractivity contribution < 1.29 is 4.74 Å². The number of pyridine rings is 1. The Morgan fingerprint density at radius 2 is 1.71 bits per heavy atom. The van der Waals surface area contributed by atoms with Crippen molar-refractivity contribution in [3.8, 4) is 11.5 Å². The molecule has 28 heavy (non-hydrogen) atoms. The molecular formula is C22H18BrN3OS. The number of para-hydroxylation sites is 1. The predicted molar refractivity (Wildman–Crippen MR) is 118 cm³/mol. The lowest BCUT2D eigenvalue weighted by molar-refractivity contribution is 0.482. The van der Waals surface area contributed by atoms with Gasteiger partial charge in [-0.05, 0) is 46.5 Å². The van der Waals surface area contributed by atoms with Gasteiger partial charge in [0.15, 0.2) is 16.7 Å². The van der Waals surface area contributed by atoms with Crippen LogP contribution in [0.2, 0.25) is 0 Å². The van der Waals surface area contributed by atoms with Crippen molar-refractivity contribution in [2.75, 3.05) is 5.32 Å². The molecule has 0 atom stereocenters. The lowest BCUT2D eigenvalue weighted by Crippen LogP contribution is -1.98. The summed E-state index contributed by atoms with van der Waals surface area (Å²) >= 11 is 5.03. The molecule has 2 aromatic carbocycles. The number of aryl methyl sites for hydroxylation is 2. The fourth-order valence-corrected chi connectivity index (χ4v) is 3.76. The van der Waals surface area contributed by atoms with Gasteiger partial charge in [-0.15, -0.1) is 11.3 Å². The normalized spacial score (nSPS) is 10.6. The minimum Gasteiger partial charge on any atom is -0.453 e. The van der Waals surface area contributed by atoms with Gasteiger partial charge in [0.25, 0.3) is 0 Å². The quantitative estimate of drug-likeness (QED) is 0.342. The van der Waals surface area contributed by atoms with E-state index in [1.165, 1.54) is 5.56 Å². The van der Waals surface area contributed by atoms with Gasteiger partial charge in [-0.2, -0.15) is 0 Å². The van der Waals surface area contributed by atoms with E-state index in [0.717, 1.165) is 33.9 Å². The Balaban J connectivity index is 1.46. The lowest BCUT2D eigenvalue weighted by atomic mass is 10.1. The van der Waals surface area contributed by atoms with Crippen LogP contribution in [0, 0.1) is 0 Å². The summed E-state index contributed by atoms with van der Waals surface area (Å²) in [6.07, 6.45) is 3.62. The highest BCUT2D eigenvalue weighted by molar-refractivity contribution is 9.10. The molecule has 0 aliphatic carbocycles. The number of nitrogens with one attached hydrogen (secondary N) is 1. The molecule has 0 spiro atoms. The molecule has 4 nitrogen and oxygen atoms in total. The standard InChI is InChI=1S/C22H18BrN3OS/c23-17-13-20(27-19-9-5-2-6-10-19)21(24-14-17)26-22-25-18(15-28-22)12-11-16-7-3-1-4-8-16/h1-10,13-15H,11-12H2,(H,24,25,26). The van der Waals surface area contributed by atoms with E-state index in [4.69, 9.17) is 9.72 Å². The summed E-state index contributed by atoms with van der Waals surface area (Å²) in [5.41, 5.74) is 2.39. The van der Waals surface area contributed by atoms with Crippen LogP contribution in [0.4, 0.5) is 10.9 Å². The second kappa shape index (κ2) is 8.99. The number of anilines is 2. The Kier molecular flexibility index (Phi) is 5.99. The molecule has 140 valence electrons. The van der Waals surface area contributed by atoms with Crippen molar-refractivity contribution in [2.24, 2.45) is 0 Å². The van der Waals surface area contributed by atoms with Crippen LogP contribution in [-0.2, 0) is 12.8 Å². The molecule has 4 rings (SSSR count). The second-order valence-electron chi connectivity index (χ2n) is 6.17. The number of hydrogen-bond donors (Lipinski definition) is 1. The van der Waals surface area contributed by atoms with Gasteiger partial charge in [-0.3, -0.25) is 0 Å². The highest BCUT2D eigenvalue weighted by Crippen LogP contribution is 2.33. The monoisotopic (exact) mass is 451 g/mol. The number of aromatic nitrogens is 2. The molecule has 0 saturated carbocycles. The largest absolute Gasteiger partial charge is 0.453 e. The predicted octanol–water partition coefficient (Wildman–Crippen LogP) is 6.62. The van der Waals surface area contributed by atoms with Gasteiger partial charge < -0.3 is 10.1 Å². The number of thiazole rings is 1. The van der Waals surface area contributed by atoms with Crippen LogP contribution < -0.4 is 10.1 Å². The van der Waals surface area contributed by atoms with Gasteiger partial charge in [0.1, 0.15) is 5.75 Å². The van der Waals surface area contributed by atoms with Gasteiger partial charge in [0.2, 0.25) is 0 Å². The van der Waals surface area contributed by atoms with Crippen molar-refractivity contribution in [2.45, 2.75) is 12.8 Å². The smallest absolute Gasteiger partial charge is 0.188 e. The van der Waals surface area contributed by atoms with E-state index >= 15 is 0 Å². The molecule has 0 bridgehead atoms. The van der Waals surface area contributed by atoms with Gasteiger partial charge in [0.05, 0.1) is 5.69 Å². The first-order chi connectivity index (χ1) is 13.8. The van der Waals surface area contributed by atoms with E-state index in [0.29, 0.717) is 11.6 Å². The average molecular weight is 452 g/mol.